The fraction of sp³-hybridized carbons (Fsp3) is 0.0417. The SMILES string of the molecule is O=C(Cc1ccc(NC2=C(Cl)C(=O)c3ccccc3C2=O)cc1)c1ccccc1. The van der Waals surface area contributed by atoms with Crippen molar-refractivity contribution in [2.24, 2.45) is 0 Å². The number of allylic oxidation sites excluding steroid dienone is 2. The second-order valence-electron chi connectivity index (χ2n) is 6.68. The Morgan fingerprint density at radius 2 is 1.34 bits per heavy atom. The number of Topliss-reactive ketones (excluding diaryl/α,β-unsaturated/α-hetero) is 3. The average Bonchev–Trinajstić information content (AvgIpc) is 2.77. The van der Waals surface area contributed by atoms with Gasteiger partial charge in [-0.1, -0.05) is 78.3 Å². The second kappa shape index (κ2) is 7.86. The number of anilines is 1. The van der Waals surface area contributed by atoms with E-state index in [2.05, 4.69) is 5.32 Å². The van der Waals surface area contributed by atoms with Gasteiger partial charge in [-0.3, -0.25) is 14.4 Å². The summed E-state index contributed by atoms with van der Waals surface area (Å²) in [7, 11) is 0. The summed E-state index contributed by atoms with van der Waals surface area (Å²) in [5, 5.41) is 2.83. The maximum atomic E-state index is 12.7. The van der Waals surface area contributed by atoms with Crippen LogP contribution < -0.4 is 5.32 Å². The zero-order valence-electron chi connectivity index (χ0n) is 15.3. The van der Waals surface area contributed by atoms with Crippen molar-refractivity contribution in [1.29, 1.82) is 0 Å². The molecule has 29 heavy (non-hydrogen) atoms. The van der Waals surface area contributed by atoms with E-state index in [4.69, 9.17) is 11.6 Å². The van der Waals surface area contributed by atoms with Crippen LogP contribution >= 0.6 is 11.6 Å². The lowest BCUT2D eigenvalue weighted by atomic mass is 9.92. The molecule has 0 amide bonds. The number of rotatable bonds is 5. The van der Waals surface area contributed by atoms with E-state index in [9.17, 15) is 14.4 Å². The first-order valence-corrected chi connectivity index (χ1v) is 9.45. The van der Waals surface area contributed by atoms with Crippen LogP contribution in [0.15, 0.2) is 89.6 Å². The predicted molar refractivity (Wildman–Crippen MR) is 113 cm³/mol. The number of fused-ring (bicyclic) bond motifs is 1. The summed E-state index contributed by atoms with van der Waals surface area (Å²) in [5.41, 5.74) is 2.81. The molecule has 1 aliphatic rings. The topological polar surface area (TPSA) is 63.2 Å². The highest BCUT2D eigenvalue weighted by molar-refractivity contribution is 6.50. The van der Waals surface area contributed by atoms with Gasteiger partial charge in [0.15, 0.2) is 5.78 Å². The molecule has 0 atom stereocenters. The van der Waals surface area contributed by atoms with Crippen LogP contribution in [0.3, 0.4) is 0 Å². The van der Waals surface area contributed by atoms with Crippen LogP contribution in [0.2, 0.25) is 0 Å². The summed E-state index contributed by atoms with van der Waals surface area (Å²) in [6.07, 6.45) is 0.276. The number of halogens is 1. The first-order valence-electron chi connectivity index (χ1n) is 9.07. The van der Waals surface area contributed by atoms with Gasteiger partial charge >= 0.3 is 0 Å². The molecule has 0 spiro atoms. The van der Waals surface area contributed by atoms with Gasteiger partial charge in [-0.05, 0) is 17.7 Å². The number of carbonyl (C=O) groups is 3. The van der Waals surface area contributed by atoms with Crippen molar-refractivity contribution in [2.75, 3.05) is 5.32 Å². The van der Waals surface area contributed by atoms with Crippen molar-refractivity contribution in [3.8, 4) is 0 Å². The minimum atomic E-state index is -0.380. The molecule has 1 N–H and O–H groups in total. The molecule has 4 nitrogen and oxygen atoms in total. The number of nitrogens with one attached hydrogen (secondary N) is 1. The van der Waals surface area contributed by atoms with E-state index in [0.29, 0.717) is 22.4 Å². The van der Waals surface area contributed by atoms with Crippen LogP contribution in [0, 0.1) is 0 Å². The van der Waals surface area contributed by atoms with E-state index in [1.165, 1.54) is 0 Å². The fourth-order valence-electron chi connectivity index (χ4n) is 3.22. The van der Waals surface area contributed by atoms with E-state index in [1.54, 1.807) is 60.7 Å². The summed E-state index contributed by atoms with van der Waals surface area (Å²) in [5.74, 6) is -0.676. The highest BCUT2D eigenvalue weighted by atomic mass is 35.5. The monoisotopic (exact) mass is 401 g/mol. The van der Waals surface area contributed by atoms with Crippen LogP contribution in [-0.4, -0.2) is 17.3 Å². The molecule has 0 heterocycles. The molecule has 0 radical (unpaired) electrons. The Bertz CT molecular complexity index is 1150. The average molecular weight is 402 g/mol. The number of ketones is 3. The molecule has 0 unspecified atom stereocenters. The van der Waals surface area contributed by atoms with Gasteiger partial charge < -0.3 is 5.32 Å². The van der Waals surface area contributed by atoms with Crippen LogP contribution in [-0.2, 0) is 6.42 Å². The van der Waals surface area contributed by atoms with Crippen molar-refractivity contribution in [2.45, 2.75) is 6.42 Å². The lowest BCUT2D eigenvalue weighted by Crippen LogP contribution is -2.24. The Balaban J connectivity index is 1.52. The minimum Gasteiger partial charge on any atom is -0.351 e. The highest BCUT2D eigenvalue weighted by Crippen LogP contribution is 2.29. The summed E-state index contributed by atoms with van der Waals surface area (Å²) < 4.78 is 0. The number of hydrogen-bond donors (Lipinski definition) is 1. The molecule has 0 aromatic heterocycles. The van der Waals surface area contributed by atoms with Gasteiger partial charge in [-0.2, -0.15) is 0 Å². The third kappa shape index (κ3) is 3.75. The van der Waals surface area contributed by atoms with Gasteiger partial charge in [0.05, 0.1) is 0 Å². The molecule has 0 fully saturated rings. The van der Waals surface area contributed by atoms with Gasteiger partial charge in [0.1, 0.15) is 10.7 Å². The van der Waals surface area contributed by atoms with E-state index in [-0.39, 0.29) is 34.5 Å². The lowest BCUT2D eigenvalue weighted by molar-refractivity contribution is 0.0982. The third-order valence-corrected chi connectivity index (χ3v) is 5.11. The molecule has 5 heteroatoms. The van der Waals surface area contributed by atoms with Gasteiger partial charge in [0.25, 0.3) is 0 Å². The zero-order chi connectivity index (χ0) is 20.4. The Hall–Kier alpha value is -3.50. The molecule has 142 valence electrons. The largest absolute Gasteiger partial charge is 0.351 e. The second-order valence-corrected chi connectivity index (χ2v) is 7.06. The summed E-state index contributed by atoms with van der Waals surface area (Å²) in [4.78, 5) is 37.5. The first kappa shape index (κ1) is 18.8. The number of carbonyl (C=O) groups excluding carboxylic acids is 3. The summed E-state index contributed by atoms with van der Waals surface area (Å²) in [6, 6.07) is 22.8. The molecular formula is C24H16ClNO3. The minimum absolute atomic E-state index is 0.0294. The van der Waals surface area contributed by atoms with E-state index in [1.807, 2.05) is 18.2 Å². The van der Waals surface area contributed by atoms with Crippen LogP contribution in [0.5, 0.6) is 0 Å². The van der Waals surface area contributed by atoms with Crippen molar-refractivity contribution in [3.05, 3.63) is 112 Å². The highest BCUT2D eigenvalue weighted by Gasteiger charge is 2.31. The Kier molecular flexibility index (Phi) is 5.10. The van der Waals surface area contributed by atoms with Gasteiger partial charge in [0, 0.05) is 28.8 Å². The molecular weight excluding hydrogens is 386 g/mol. The van der Waals surface area contributed by atoms with Crippen LogP contribution in [0.4, 0.5) is 5.69 Å². The number of benzene rings is 3. The van der Waals surface area contributed by atoms with Crippen molar-refractivity contribution in [3.63, 3.8) is 0 Å². The maximum absolute atomic E-state index is 12.7. The Labute approximate surface area is 172 Å². The smallest absolute Gasteiger partial charge is 0.211 e. The van der Waals surface area contributed by atoms with E-state index in [0.717, 1.165) is 5.56 Å². The molecule has 3 aromatic rings. The summed E-state index contributed by atoms with van der Waals surface area (Å²) >= 11 is 6.18. The Morgan fingerprint density at radius 3 is 2.00 bits per heavy atom. The van der Waals surface area contributed by atoms with E-state index < -0.39 is 0 Å². The first-order chi connectivity index (χ1) is 14.0. The fourth-order valence-corrected chi connectivity index (χ4v) is 3.45. The molecule has 0 bridgehead atoms. The predicted octanol–water partition coefficient (Wildman–Crippen LogP) is 5.05. The normalized spacial score (nSPS) is 13.3. The number of hydrogen-bond acceptors (Lipinski definition) is 4. The van der Waals surface area contributed by atoms with Crippen LogP contribution in [0.25, 0.3) is 0 Å². The molecule has 0 aliphatic heterocycles. The third-order valence-electron chi connectivity index (χ3n) is 4.75. The molecule has 0 saturated heterocycles. The zero-order valence-corrected chi connectivity index (χ0v) is 16.1. The van der Waals surface area contributed by atoms with Crippen molar-refractivity contribution in [1.82, 2.24) is 0 Å². The maximum Gasteiger partial charge on any atom is 0.211 e. The van der Waals surface area contributed by atoms with E-state index >= 15 is 0 Å². The van der Waals surface area contributed by atoms with Crippen molar-refractivity contribution < 1.29 is 14.4 Å². The molecule has 0 saturated carbocycles. The van der Waals surface area contributed by atoms with Gasteiger partial charge in [-0.25, -0.2) is 0 Å². The Morgan fingerprint density at radius 1 is 0.759 bits per heavy atom. The van der Waals surface area contributed by atoms with Crippen molar-refractivity contribution >= 4 is 34.6 Å². The lowest BCUT2D eigenvalue weighted by Gasteiger charge is -2.19. The quantitative estimate of drug-likeness (QED) is 0.607. The van der Waals surface area contributed by atoms with Gasteiger partial charge in [0.2, 0.25) is 11.6 Å². The molecule has 3 aromatic carbocycles. The summed E-state index contributed by atoms with van der Waals surface area (Å²) in [6.45, 7) is 0. The van der Waals surface area contributed by atoms with Gasteiger partial charge in [-0.15, -0.1) is 0 Å². The van der Waals surface area contributed by atoms with Crippen LogP contribution in [0.1, 0.15) is 36.6 Å². The molecule has 1 aliphatic carbocycles. The standard InChI is InChI=1S/C24H16ClNO3/c25-21-22(24(29)19-9-5-4-8-18(19)23(21)28)26-17-12-10-15(11-13-17)14-20(27)16-6-2-1-3-7-16/h1-13,26H,14H2. The molecule has 4 rings (SSSR count).